The first-order valence-electron chi connectivity index (χ1n) is 8.51. The number of rotatable bonds is 3. The topological polar surface area (TPSA) is 90.9 Å². The normalized spacial score (nSPS) is 16.3. The highest BCUT2D eigenvalue weighted by Gasteiger charge is 2.32. The number of anilines is 1. The molecule has 1 aliphatic carbocycles. The van der Waals surface area contributed by atoms with Gasteiger partial charge >= 0.3 is 0 Å². The first kappa shape index (κ1) is 16.1. The van der Waals surface area contributed by atoms with Crippen LogP contribution >= 0.6 is 0 Å². The second kappa shape index (κ2) is 6.15. The predicted molar refractivity (Wildman–Crippen MR) is 96.0 cm³/mol. The zero-order valence-corrected chi connectivity index (χ0v) is 14.6. The van der Waals surface area contributed by atoms with Crippen molar-refractivity contribution in [1.82, 2.24) is 14.5 Å². The maximum Gasteiger partial charge on any atom is 0.212 e. The third-order valence-electron chi connectivity index (χ3n) is 4.88. The molecule has 2 N–H and O–H groups in total. The van der Waals surface area contributed by atoms with E-state index >= 15 is 0 Å². The minimum atomic E-state index is -3.76. The van der Waals surface area contributed by atoms with Crippen LogP contribution in [0.15, 0.2) is 52.5 Å². The molecule has 4 rings (SSSR count). The average molecular weight is 356 g/mol. The van der Waals surface area contributed by atoms with Crippen LogP contribution in [0.2, 0.25) is 0 Å². The molecule has 6 nitrogen and oxygen atoms in total. The molecule has 0 aliphatic heterocycles. The van der Waals surface area contributed by atoms with Crippen molar-refractivity contribution in [3.05, 3.63) is 42.7 Å². The average Bonchev–Trinajstić information content (AvgIpc) is 2.95. The lowest BCUT2D eigenvalue weighted by Gasteiger charge is -2.24. The molecule has 1 aromatic carbocycles. The molecular formula is C18H20N4O2S. The number of nitrogens with zero attached hydrogens (tertiary/aromatic N) is 3. The zero-order valence-electron chi connectivity index (χ0n) is 13.8. The number of sulfone groups is 1. The highest BCUT2D eigenvalue weighted by atomic mass is 32.2. The van der Waals surface area contributed by atoms with Gasteiger partial charge in [-0.25, -0.2) is 18.4 Å². The number of aromatic nitrogens is 3. The highest BCUT2D eigenvalue weighted by Crippen LogP contribution is 2.39. The first-order chi connectivity index (χ1) is 12.1. The summed E-state index contributed by atoms with van der Waals surface area (Å²) in [5.74, 6) is 0.247. The van der Waals surface area contributed by atoms with Gasteiger partial charge < -0.3 is 10.3 Å². The Morgan fingerprint density at radius 2 is 1.68 bits per heavy atom. The highest BCUT2D eigenvalue weighted by molar-refractivity contribution is 7.92. The van der Waals surface area contributed by atoms with E-state index in [-0.39, 0.29) is 21.7 Å². The summed E-state index contributed by atoms with van der Waals surface area (Å²) in [5, 5.41) is 0. The largest absolute Gasteiger partial charge is 0.384 e. The molecule has 0 atom stereocenters. The van der Waals surface area contributed by atoms with Crippen LogP contribution < -0.4 is 5.73 Å². The summed E-state index contributed by atoms with van der Waals surface area (Å²) in [6.45, 7) is 0. The van der Waals surface area contributed by atoms with E-state index < -0.39 is 9.84 Å². The van der Waals surface area contributed by atoms with Crippen LogP contribution in [0.25, 0.3) is 11.2 Å². The smallest absolute Gasteiger partial charge is 0.212 e. The molecule has 0 saturated heterocycles. The lowest BCUT2D eigenvalue weighted by atomic mass is 9.95. The fourth-order valence-electron chi connectivity index (χ4n) is 3.70. The molecule has 0 amide bonds. The Kier molecular flexibility index (Phi) is 3.95. The van der Waals surface area contributed by atoms with E-state index in [9.17, 15) is 8.42 Å². The number of benzene rings is 1. The van der Waals surface area contributed by atoms with Gasteiger partial charge in [0.25, 0.3) is 0 Å². The van der Waals surface area contributed by atoms with Crippen molar-refractivity contribution in [3.8, 4) is 0 Å². The van der Waals surface area contributed by atoms with Crippen molar-refractivity contribution in [2.24, 2.45) is 0 Å². The number of fused-ring (bicyclic) bond motifs is 1. The van der Waals surface area contributed by atoms with Crippen LogP contribution in [0.1, 0.15) is 38.1 Å². The molecule has 1 aliphatic rings. The van der Waals surface area contributed by atoms with Gasteiger partial charge in [0.2, 0.25) is 9.84 Å². The minimum Gasteiger partial charge on any atom is -0.384 e. The molecule has 2 heterocycles. The van der Waals surface area contributed by atoms with Crippen LogP contribution in [0, 0.1) is 0 Å². The van der Waals surface area contributed by atoms with E-state index in [1.807, 2.05) is 4.57 Å². The molecule has 130 valence electrons. The van der Waals surface area contributed by atoms with Crippen LogP contribution in [-0.2, 0) is 9.84 Å². The molecule has 1 saturated carbocycles. The summed E-state index contributed by atoms with van der Waals surface area (Å²) in [5.41, 5.74) is 7.29. The van der Waals surface area contributed by atoms with E-state index in [2.05, 4.69) is 9.97 Å². The van der Waals surface area contributed by atoms with E-state index in [0.717, 1.165) is 25.7 Å². The van der Waals surface area contributed by atoms with Crippen LogP contribution in [0.5, 0.6) is 0 Å². The fourth-order valence-corrected chi connectivity index (χ4v) is 5.23. The number of nitrogens with two attached hydrogens (primary N) is 1. The molecule has 0 unspecified atom stereocenters. The molecule has 0 radical (unpaired) electrons. The van der Waals surface area contributed by atoms with Gasteiger partial charge in [-0.15, -0.1) is 0 Å². The second-order valence-corrected chi connectivity index (χ2v) is 8.31. The maximum atomic E-state index is 13.2. The number of hydrogen-bond donors (Lipinski definition) is 1. The summed E-state index contributed by atoms with van der Waals surface area (Å²) >= 11 is 0. The van der Waals surface area contributed by atoms with Crippen molar-refractivity contribution in [3.63, 3.8) is 0 Å². The molecule has 3 aromatic rings. The standard InChI is InChI=1S/C18H20N4O2S/c19-17-16(25(23,24)14-9-5-2-6-10-14)15-18(21-12-11-20-15)22(17)13-7-3-1-4-8-13/h2,5-6,9-13H,1,3-4,7-8,19H2. The monoisotopic (exact) mass is 356 g/mol. The van der Waals surface area contributed by atoms with Crippen molar-refractivity contribution in [1.29, 1.82) is 0 Å². The van der Waals surface area contributed by atoms with Gasteiger partial charge in [-0.3, -0.25) is 0 Å². The van der Waals surface area contributed by atoms with E-state index in [1.54, 1.807) is 36.5 Å². The summed E-state index contributed by atoms with van der Waals surface area (Å²) in [6.07, 6.45) is 8.49. The van der Waals surface area contributed by atoms with Crippen LogP contribution in [0.4, 0.5) is 5.82 Å². The number of nitrogen functional groups attached to an aromatic ring is 1. The summed E-state index contributed by atoms with van der Waals surface area (Å²) in [4.78, 5) is 9.00. The molecule has 0 spiro atoms. The van der Waals surface area contributed by atoms with E-state index in [4.69, 9.17) is 5.73 Å². The molecule has 25 heavy (non-hydrogen) atoms. The summed E-state index contributed by atoms with van der Waals surface area (Å²) in [7, 11) is -3.76. The Labute approximate surface area is 146 Å². The third kappa shape index (κ3) is 2.59. The quantitative estimate of drug-likeness (QED) is 0.777. The molecule has 0 bridgehead atoms. The lowest BCUT2D eigenvalue weighted by molar-refractivity contribution is 0.362. The number of hydrogen-bond acceptors (Lipinski definition) is 5. The Hall–Kier alpha value is -2.41. The van der Waals surface area contributed by atoms with Gasteiger partial charge in [-0.2, -0.15) is 0 Å². The minimum absolute atomic E-state index is 0.0763. The van der Waals surface area contributed by atoms with Crippen molar-refractivity contribution < 1.29 is 8.42 Å². The second-order valence-electron chi connectivity index (χ2n) is 6.42. The Morgan fingerprint density at radius 1 is 1.00 bits per heavy atom. The Balaban J connectivity index is 1.98. The van der Waals surface area contributed by atoms with Gasteiger partial charge in [0.15, 0.2) is 5.65 Å². The summed E-state index contributed by atoms with van der Waals surface area (Å²) in [6, 6.07) is 8.52. The van der Waals surface area contributed by atoms with Gasteiger partial charge in [-0.1, -0.05) is 37.5 Å². The zero-order chi connectivity index (χ0) is 17.4. The Morgan fingerprint density at radius 3 is 2.40 bits per heavy atom. The Bertz CT molecular complexity index is 1010. The van der Waals surface area contributed by atoms with Crippen molar-refractivity contribution in [2.45, 2.75) is 47.9 Å². The predicted octanol–water partition coefficient (Wildman–Crippen LogP) is 3.35. The molecule has 7 heteroatoms. The first-order valence-corrected chi connectivity index (χ1v) is 9.99. The van der Waals surface area contributed by atoms with E-state index in [0.29, 0.717) is 11.2 Å². The van der Waals surface area contributed by atoms with Crippen LogP contribution in [-0.4, -0.2) is 23.0 Å². The lowest BCUT2D eigenvalue weighted by Crippen LogP contribution is -2.16. The van der Waals surface area contributed by atoms with Crippen LogP contribution in [0.3, 0.4) is 0 Å². The molecule has 1 fully saturated rings. The fraction of sp³-hybridized carbons (Fsp3) is 0.333. The third-order valence-corrected chi connectivity index (χ3v) is 6.71. The van der Waals surface area contributed by atoms with E-state index in [1.165, 1.54) is 12.6 Å². The van der Waals surface area contributed by atoms with Crippen molar-refractivity contribution in [2.75, 3.05) is 5.73 Å². The molecular weight excluding hydrogens is 336 g/mol. The summed E-state index contributed by atoms with van der Waals surface area (Å²) < 4.78 is 28.3. The van der Waals surface area contributed by atoms with Gasteiger partial charge in [0.1, 0.15) is 16.2 Å². The van der Waals surface area contributed by atoms with Gasteiger partial charge in [-0.05, 0) is 25.0 Å². The van der Waals surface area contributed by atoms with Gasteiger partial charge in [0.05, 0.1) is 4.90 Å². The van der Waals surface area contributed by atoms with Crippen molar-refractivity contribution >= 4 is 26.8 Å². The maximum absolute atomic E-state index is 13.2. The molecule has 2 aromatic heterocycles. The van der Waals surface area contributed by atoms with Gasteiger partial charge in [0, 0.05) is 18.4 Å². The SMILES string of the molecule is Nc1c(S(=O)(=O)c2ccccc2)c2nccnc2n1C1CCCCC1.